The molecule has 0 aliphatic rings. The average molecular weight is 140 g/mol. The normalized spacial score (nSPS) is 8.89. The highest BCUT2D eigenvalue weighted by Crippen LogP contribution is 1.84. The van der Waals surface area contributed by atoms with Crippen LogP contribution in [0.3, 0.4) is 0 Å². The van der Waals surface area contributed by atoms with Crippen molar-refractivity contribution in [1.29, 1.82) is 0 Å². The van der Waals surface area contributed by atoms with Gasteiger partial charge in [-0.25, -0.2) is 0 Å². The Bertz CT molecular complexity index is 153. The van der Waals surface area contributed by atoms with E-state index in [0.29, 0.717) is 11.5 Å². The van der Waals surface area contributed by atoms with E-state index in [2.05, 4.69) is 10.7 Å². The number of methoxy groups -OCH3 is 1. The third-order valence-corrected chi connectivity index (χ3v) is 0.994. The van der Waals surface area contributed by atoms with E-state index in [-0.39, 0.29) is 0 Å². The molecule has 0 radical (unpaired) electrons. The lowest BCUT2D eigenvalue weighted by atomic mass is 10.4. The SMILES string of the molecule is C#CCC=CC(=S)OC. The standard InChI is InChI=1S/C7H8OS/c1-3-4-5-6-7(9)8-2/h1,5-6H,4H2,2H3. The molecule has 9 heavy (non-hydrogen) atoms. The summed E-state index contributed by atoms with van der Waals surface area (Å²) in [6.07, 6.45) is 9.03. The number of hydrogen-bond acceptors (Lipinski definition) is 2. The molecule has 0 saturated carbocycles. The van der Waals surface area contributed by atoms with Crippen LogP contribution in [0.25, 0.3) is 0 Å². The summed E-state index contributed by atoms with van der Waals surface area (Å²) in [7, 11) is 1.53. The molecule has 48 valence electrons. The highest BCUT2D eigenvalue weighted by Gasteiger charge is 1.80. The van der Waals surface area contributed by atoms with Crippen molar-refractivity contribution in [1.82, 2.24) is 0 Å². The largest absolute Gasteiger partial charge is 0.487 e. The second kappa shape index (κ2) is 5.33. The van der Waals surface area contributed by atoms with Gasteiger partial charge in [0.25, 0.3) is 0 Å². The van der Waals surface area contributed by atoms with Crippen LogP contribution in [-0.2, 0) is 4.74 Å². The molecule has 0 fully saturated rings. The number of allylic oxidation sites excluding steroid dienone is 1. The van der Waals surface area contributed by atoms with Crippen LogP contribution in [0.2, 0.25) is 0 Å². The van der Waals surface area contributed by atoms with Gasteiger partial charge in [0.1, 0.15) is 0 Å². The minimum atomic E-state index is 0.463. The number of hydrogen-bond donors (Lipinski definition) is 0. The Morgan fingerprint density at radius 2 is 2.56 bits per heavy atom. The van der Waals surface area contributed by atoms with Crippen molar-refractivity contribution in [3.63, 3.8) is 0 Å². The van der Waals surface area contributed by atoms with E-state index in [1.54, 1.807) is 12.2 Å². The summed E-state index contributed by atoms with van der Waals surface area (Å²) in [4.78, 5) is 0. The molecule has 0 bridgehead atoms. The first-order valence-corrected chi connectivity index (χ1v) is 2.90. The van der Waals surface area contributed by atoms with Crippen LogP contribution in [0.4, 0.5) is 0 Å². The molecular formula is C7H8OS. The molecule has 0 aliphatic carbocycles. The number of rotatable bonds is 2. The molecule has 0 aliphatic heterocycles. The van der Waals surface area contributed by atoms with Crippen LogP contribution in [0.5, 0.6) is 0 Å². The molecule has 2 heteroatoms. The molecule has 0 saturated heterocycles. The van der Waals surface area contributed by atoms with Crippen molar-refractivity contribution >= 4 is 17.3 Å². The molecule has 0 aromatic rings. The molecule has 0 N–H and O–H groups in total. The second-order valence-corrected chi connectivity index (χ2v) is 1.74. The first-order chi connectivity index (χ1) is 4.31. The van der Waals surface area contributed by atoms with Gasteiger partial charge in [0.2, 0.25) is 0 Å². The van der Waals surface area contributed by atoms with Crippen LogP contribution in [0.1, 0.15) is 6.42 Å². The fourth-order valence-corrected chi connectivity index (χ4v) is 0.387. The Kier molecular flexibility index (Phi) is 4.85. The van der Waals surface area contributed by atoms with Crippen molar-refractivity contribution in [3.8, 4) is 12.3 Å². The summed E-state index contributed by atoms with van der Waals surface area (Å²) in [6, 6.07) is 0. The van der Waals surface area contributed by atoms with Crippen molar-refractivity contribution < 1.29 is 4.74 Å². The van der Waals surface area contributed by atoms with Gasteiger partial charge < -0.3 is 4.74 Å². The van der Waals surface area contributed by atoms with E-state index in [1.165, 1.54) is 7.11 Å². The third-order valence-electron chi connectivity index (χ3n) is 0.691. The predicted octanol–water partition coefficient (Wildman–Crippen LogP) is 1.54. The zero-order chi connectivity index (χ0) is 7.11. The summed E-state index contributed by atoms with van der Waals surface area (Å²) >= 11 is 4.69. The fourth-order valence-electron chi connectivity index (χ4n) is 0.291. The number of thiocarbonyl (C=S) groups is 1. The summed E-state index contributed by atoms with van der Waals surface area (Å²) < 4.78 is 4.67. The maximum Gasteiger partial charge on any atom is 0.183 e. The van der Waals surface area contributed by atoms with E-state index in [4.69, 9.17) is 18.6 Å². The van der Waals surface area contributed by atoms with Gasteiger partial charge in [-0.3, -0.25) is 0 Å². The van der Waals surface area contributed by atoms with Crippen LogP contribution < -0.4 is 0 Å². The van der Waals surface area contributed by atoms with Crippen molar-refractivity contribution in [2.75, 3.05) is 7.11 Å². The van der Waals surface area contributed by atoms with E-state index in [1.807, 2.05) is 0 Å². The van der Waals surface area contributed by atoms with Crippen LogP contribution >= 0.6 is 12.2 Å². The Balaban J connectivity index is 3.47. The molecule has 0 rings (SSSR count). The fraction of sp³-hybridized carbons (Fsp3) is 0.286. The Morgan fingerprint density at radius 1 is 1.89 bits per heavy atom. The van der Waals surface area contributed by atoms with Gasteiger partial charge in [0.05, 0.1) is 7.11 Å². The van der Waals surface area contributed by atoms with E-state index < -0.39 is 0 Å². The molecule has 0 aromatic carbocycles. The lowest BCUT2D eigenvalue weighted by Crippen LogP contribution is -1.89. The minimum absolute atomic E-state index is 0.463. The highest BCUT2D eigenvalue weighted by molar-refractivity contribution is 7.80. The minimum Gasteiger partial charge on any atom is -0.487 e. The molecule has 0 aromatic heterocycles. The average Bonchev–Trinajstić information content (AvgIpc) is 1.89. The molecule has 0 amide bonds. The van der Waals surface area contributed by atoms with Crippen LogP contribution in [0.15, 0.2) is 12.2 Å². The number of ether oxygens (including phenoxy) is 1. The first kappa shape index (κ1) is 8.19. The Labute approximate surface area is 60.7 Å². The van der Waals surface area contributed by atoms with Gasteiger partial charge in [-0.15, -0.1) is 12.3 Å². The van der Waals surface area contributed by atoms with E-state index in [9.17, 15) is 0 Å². The molecular weight excluding hydrogens is 132 g/mol. The molecule has 0 heterocycles. The predicted molar refractivity (Wildman–Crippen MR) is 42.2 cm³/mol. The number of terminal acetylenes is 1. The zero-order valence-corrected chi connectivity index (χ0v) is 6.07. The lowest BCUT2D eigenvalue weighted by Gasteiger charge is -1.90. The van der Waals surface area contributed by atoms with Gasteiger partial charge in [-0.05, 0) is 18.3 Å². The monoisotopic (exact) mass is 140 g/mol. The van der Waals surface area contributed by atoms with Crippen LogP contribution in [0, 0.1) is 12.3 Å². The lowest BCUT2D eigenvalue weighted by molar-refractivity contribution is 0.418. The maximum absolute atomic E-state index is 4.97. The smallest absolute Gasteiger partial charge is 0.183 e. The van der Waals surface area contributed by atoms with Crippen molar-refractivity contribution in [3.05, 3.63) is 12.2 Å². The topological polar surface area (TPSA) is 9.23 Å². The second-order valence-electron chi connectivity index (χ2n) is 1.33. The van der Waals surface area contributed by atoms with Crippen molar-refractivity contribution in [2.45, 2.75) is 6.42 Å². The van der Waals surface area contributed by atoms with Gasteiger partial charge >= 0.3 is 0 Å². The van der Waals surface area contributed by atoms with Gasteiger partial charge in [0, 0.05) is 6.42 Å². The van der Waals surface area contributed by atoms with Gasteiger partial charge in [-0.1, -0.05) is 6.08 Å². The summed E-state index contributed by atoms with van der Waals surface area (Å²) in [6.45, 7) is 0. The maximum atomic E-state index is 4.97. The van der Waals surface area contributed by atoms with Gasteiger partial charge in [-0.2, -0.15) is 0 Å². The van der Waals surface area contributed by atoms with Gasteiger partial charge in [0.15, 0.2) is 5.05 Å². The van der Waals surface area contributed by atoms with Crippen LogP contribution in [-0.4, -0.2) is 12.2 Å². The molecule has 0 unspecified atom stereocenters. The van der Waals surface area contributed by atoms with Crippen molar-refractivity contribution in [2.24, 2.45) is 0 Å². The summed E-state index contributed by atoms with van der Waals surface area (Å²) in [5, 5.41) is 0.463. The quantitative estimate of drug-likeness (QED) is 0.327. The van der Waals surface area contributed by atoms with E-state index >= 15 is 0 Å². The Morgan fingerprint density at radius 3 is 3.00 bits per heavy atom. The molecule has 0 atom stereocenters. The molecule has 1 nitrogen and oxygen atoms in total. The molecule has 0 spiro atoms. The summed E-state index contributed by atoms with van der Waals surface area (Å²) in [5.74, 6) is 2.45. The Hall–Kier alpha value is -0.810. The summed E-state index contributed by atoms with van der Waals surface area (Å²) in [5.41, 5.74) is 0. The highest BCUT2D eigenvalue weighted by atomic mass is 32.1. The first-order valence-electron chi connectivity index (χ1n) is 2.49. The van der Waals surface area contributed by atoms with E-state index in [0.717, 1.165) is 0 Å². The third kappa shape index (κ3) is 5.05. The zero-order valence-electron chi connectivity index (χ0n) is 5.26.